The molecule has 1 aliphatic rings. The average molecular weight is 272 g/mol. The topological polar surface area (TPSA) is 57.4 Å². The third kappa shape index (κ3) is 2.15. The normalized spacial score (nSPS) is 20.3. The van der Waals surface area contributed by atoms with Crippen molar-refractivity contribution in [3.8, 4) is 11.5 Å². The van der Waals surface area contributed by atoms with E-state index in [0.717, 1.165) is 11.0 Å². The van der Waals surface area contributed by atoms with Crippen molar-refractivity contribution in [2.75, 3.05) is 0 Å². The molecular formula is C14H17BN2O3. The van der Waals surface area contributed by atoms with E-state index >= 15 is 0 Å². The predicted octanol–water partition coefficient (Wildman–Crippen LogP) is 2.04. The summed E-state index contributed by atoms with van der Waals surface area (Å²) in [6, 6.07) is 1.93. The summed E-state index contributed by atoms with van der Waals surface area (Å²) in [5, 5.41) is 0. The van der Waals surface area contributed by atoms with Gasteiger partial charge in [-0.15, -0.1) is 0 Å². The summed E-state index contributed by atoms with van der Waals surface area (Å²) < 4.78 is 17.3. The molecule has 2 aromatic rings. The van der Waals surface area contributed by atoms with Gasteiger partial charge in [-0.05, 0) is 33.8 Å². The van der Waals surface area contributed by atoms with Crippen LogP contribution in [0.1, 0.15) is 27.7 Å². The Morgan fingerprint density at radius 1 is 1.05 bits per heavy atom. The van der Waals surface area contributed by atoms with Crippen molar-refractivity contribution in [2.45, 2.75) is 38.9 Å². The lowest BCUT2D eigenvalue weighted by Crippen LogP contribution is -2.41. The maximum Gasteiger partial charge on any atom is 0.496 e. The summed E-state index contributed by atoms with van der Waals surface area (Å²) in [5.41, 5.74) is 0.939. The van der Waals surface area contributed by atoms with Crippen molar-refractivity contribution in [3.63, 3.8) is 0 Å². The largest absolute Gasteiger partial charge is 0.496 e. The molecule has 0 amide bonds. The van der Waals surface area contributed by atoms with E-state index in [1.54, 1.807) is 18.6 Å². The molecule has 2 aromatic heterocycles. The standard InChI is InChI=1S/C14H17BN2O3/c1-13(2)14(3,4)20-15(19-13)11-7-10(8-16-9-11)12-17-5-6-18-12/h5-9H,1-4H3. The van der Waals surface area contributed by atoms with Crippen LogP contribution in [-0.4, -0.2) is 28.3 Å². The van der Waals surface area contributed by atoms with Gasteiger partial charge in [0.15, 0.2) is 0 Å². The van der Waals surface area contributed by atoms with Crippen molar-refractivity contribution in [3.05, 3.63) is 30.9 Å². The van der Waals surface area contributed by atoms with Gasteiger partial charge in [0, 0.05) is 17.9 Å². The first-order chi connectivity index (χ1) is 9.39. The van der Waals surface area contributed by atoms with Gasteiger partial charge < -0.3 is 13.7 Å². The van der Waals surface area contributed by atoms with Crippen LogP contribution in [0.4, 0.5) is 0 Å². The number of oxazole rings is 1. The van der Waals surface area contributed by atoms with E-state index in [0.29, 0.717) is 5.89 Å². The Kier molecular flexibility index (Phi) is 2.95. The quantitative estimate of drug-likeness (QED) is 0.783. The fourth-order valence-electron chi connectivity index (χ4n) is 2.05. The highest BCUT2D eigenvalue weighted by molar-refractivity contribution is 6.62. The highest BCUT2D eigenvalue weighted by Crippen LogP contribution is 2.36. The van der Waals surface area contributed by atoms with E-state index in [-0.39, 0.29) is 11.2 Å². The van der Waals surface area contributed by atoms with E-state index in [1.807, 2.05) is 33.8 Å². The zero-order valence-electron chi connectivity index (χ0n) is 12.1. The lowest BCUT2D eigenvalue weighted by Gasteiger charge is -2.32. The summed E-state index contributed by atoms with van der Waals surface area (Å²) in [5.74, 6) is 0.538. The molecule has 5 nitrogen and oxygen atoms in total. The molecule has 20 heavy (non-hydrogen) atoms. The molecule has 6 heteroatoms. The van der Waals surface area contributed by atoms with Crippen molar-refractivity contribution in [1.82, 2.24) is 9.97 Å². The fraction of sp³-hybridized carbons (Fsp3) is 0.429. The first-order valence-corrected chi connectivity index (χ1v) is 6.59. The van der Waals surface area contributed by atoms with Crippen molar-refractivity contribution in [2.24, 2.45) is 0 Å². The highest BCUT2D eigenvalue weighted by Gasteiger charge is 2.51. The van der Waals surface area contributed by atoms with Gasteiger partial charge in [-0.1, -0.05) is 0 Å². The third-order valence-electron chi connectivity index (χ3n) is 3.96. The number of nitrogens with zero attached hydrogens (tertiary/aromatic N) is 2. The number of hydrogen-bond acceptors (Lipinski definition) is 5. The second-order valence-electron chi connectivity index (χ2n) is 5.93. The molecule has 0 saturated carbocycles. The maximum atomic E-state index is 6.01. The maximum absolute atomic E-state index is 6.01. The predicted molar refractivity (Wildman–Crippen MR) is 75.5 cm³/mol. The van der Waals surface area contributed by atoms with Crippen LogP contribution in [0.15, 0.2) is 35.3 Å². The lowest BCUT2D eigenvalue weighted by molar-refractivity contribution is 0.00578. The van der Waals surface area contributed by atoms with Crippen molar-refractivity contribution in [1.29, 1.82) is 0 Å². The molecule has 3 heterocycles. The number of hydrogen-bond donors (Lipinski definition) is 0. The summed E-state index contributed by atoms with van der Waals surface area (Å²) in [6.07, 6.45) is 6.60. The second-order valence-corrected chi connectivity index (χ2v) is 5.93. The number of rotatable bonds is 2. The summed E-state index contributed by atoms with van der Waals surface area (Å²) in [6.45, 7) is 8.10. The van der Waals surface area contributed by atoms with Gasteiger partial charge in [0.05, 0.1) is 23.0 Å². The van der Waals surface area contributed by atoms with E-state index in [4.69, 9.17) is 13.7 Å². The lowest BCUT2D eigenvalue weighted by atomic mass is 9.80. The minimum atomic E-state index is -0.428. The zero-order chi connectivity index (χ0) is 14.4. The Labute approximate surface area is 118 Å². The summed E-state index contributed by atoms with van der Waals surface area (Å²) in [7, 11) is -0.428. The van der Waals surface area contributed by atoms with Crippen LogP contribution in [0.5, 0.6) is 0 Å². The third-order valence-corrected chi connectivity index (χ3v) is 3.96. The fourth-order valence-corrected chi connectivity index (χ4v) is 2.05. The summed E-state index contributed by atoms with van der Waals surface area (Å²) in [4.78, 5) is 8.34. The van der Waals surface area contributed by atoms with E-state index in [2.05, 4.69) is 9.97 Å². The molecule has 0 radical (unpaired) electrons. The highest BCUT2D eigenvalue weighted by atomic mass is 16.7. The van der Waals surface area contributed by atoms with E-state index in [1.165, 1.54) is 6.26 Å². The number of pyridine rings is 1. The molecule has 0 unspecified atom stereocenters. The molecule has 0 N–H and O–H groups in total. The molecular weight excluding hydrogens is 255 g/mol. The molecule has 104 valence electrons. The van der Waals surface area contributed by atoms with Gasteiger partial charge in [0.2, 0.25) is 5.89 Å². The average Bonchev–Trinajstić information content (AvgIpc) is 2.97. The molecule has 0 aliphatic carbocycles. The SMILES string of the molecule is CC1(C)OB(c2cncc(-c3ncco3)c2)OC1(C)C. The van der Waals surface area contributed by atoms with E-state index < -0.39 is 7.12 Å². The Balaban J connectivity index is 1.91. The Hall–Kier alpha value is -1.66. The first-order valence-electron chi connectivity index (χ1n) is 6.59. The first kappa shape index (κ1) is 13.3. The molecule has 1 saturated heterocycles. The van der Waals surface area contributed by atoms with Gasteiger partial charge in [0.25, 0.3) is 0 Å². The Morgan fingerprint density at radius 3 is 2.35 bits per heavy atom. The molecule has 0 spiro atoms. The van der Waals surface area contributed by atoms with Crippen molar-refractivity contribution < 1.29 is 13.7 Å². The molecule has 1 aliphatic heterocycles. The van der Waals surface area contributed by atoms with Gasteiger partial charge >= 0.3 is 7.12 Å². The molecule has 1 fully saturated rings. The van der Waals surface area contributed by atoms with Crippen LogP contribution in [0, 0.1) is 0 Å². The van der Waals surface area contributed by atoms with Crippen LogP contribution in [0.25, 0.3) is 11.5 Å². The minimum Gasteiger partial charge on any atom is -0.444 e. The Bertz CT molecular complexity index is 595. The van der Waals surface area contributed by atoms with Crippen LogP contribution in [0.3, 0.4) is 0 Å². The van der Waals surface area contributed by atoms with Crippen molar-refractivity contribution >= 4 is 12.6 Å². The van der Waals surface area contributed by atoms with Crippen LogP contribution in [0.2, 0.25) is 0 Å². The molecule has 3 rings (SSSR count). The van der Waals surface area contributed by atoms with Crippen LogP contribution in [-0.2, 0) is 9.31 Å². The molecule has 0 bridgehead atoms. The van der Waals surface area contributed by atoms with Gasteiger partial charge in [-0.25, -0.2) is 4.98 Å². The van der Waals surface area contributed by atoms with Crippen LogP contribution >= 0.6 is 0 Å². The van der Waals surface area contributed by atoms with Gasteiger partial charge in [-0.3, -0.25) is 4.98 Å². The van der Waals surface area contributed by atoms with Gasteiger partial charge in [0.1, 0.15) is 6.26 Å². The smallest absolute Gasteiger partial charge is 0.444 e. The van der Waals surface area contributed by atoms with Crippen LogP contribution < -0.4 is 5.46 Å². The monoisotopic (exact) mass is 272 g/mol. The Morgan fingerprint density at radius 2 is 1.75 bits per heavy atom. The minimum absolute atomic E-state index is 0.364. The number of aromatic nitrogens is 2. The molecule has 0 aromatic carbocycles. The summed E-state index contributed by atoms with van der Waals surface area (Å²) >= 11 is 0. The van der Waals surface area contributed by atoms with Gasteiger partial charge in [-0.2, -0.15) is 0 Å². The zero-order valence-corrected chi connectivity index (χ0v) is 12.1. The molecule has 0 atom stereocenters. The van der Waals surface area contributed by atoms with E-state index in [9.17, 15) is 0 Å². The second kappa shape index (κ2) is 4.43.